The Bertz CT molecular complexity index is 651. The highest BCUT2D eigenvalue weighted by Gasteiger charge is 2.28. The molecule has 0 aliphatic heterocycles. The van der Waals surface area contributed by atoms with Crippen LogP contribution in [0.5, 0.6) is 5.75 Å². The molecular weight excluding hydrogens is 316 g/mol. The van der Waals surface area contributed by atoms with E-state index >= 15 is 0 Å². The number of hydrogen-bond acceptors (Lipinski definition) is 5. The summed E-state index contributed by atoms with van der Waals surface area (Å²) in [4.78, 5) is 12.0. The van der Waals surface area contributed by atoms with E-state index in [4.69, 9.17) is 4.42 Å². The first-order valence-electron chi connectivity index (χ1n) is 6.39. The molecule has 2 heterocycles. The van der Waals surface area contributed by atoms with Gasteiger partial charge in [0, 0.05) is 0 Å². The van der Waals surface area contributed by atoms with E-state index in [1.807, 2.05) is 0 Å². The van der Waals surface area contributed by atoms with Gasteiger partial charge < -0.3 is 19.6 Å². The lowest BCUT2D eigenvalue weighted by Crippen LogP contribution is -2.38. The van der Waals surface area contributed by atoms with Gasteiger partial charge in [-0.1, -0.05) is 0 Å². The zero-order valence-corrected chi connectivity index (χ0v) is 12.7. The highest BCUT2D eigenvalue weighted by molar-refractivity contribution is 7.12. The maximum Gasteiger partial charge on any atom is 0.387 e. The first-order chi connectivity index (χ1) is 10.3. The summed E-state index contributed by atoms with van der Waals surface area (Å²) in [6.07, 6.45) is 0. The average molecular weight is 331 g/mol. The predicted molar refractivity (Wildman–Crippen MR) is 76.3 cm³/mol. The van der Waals surface area contributed by atoms with Crippen LogP contribution >= 0.6 is 11.3 Å². The van der Waals surface area contributed by atoms with Crippen LogP contribution in [-0.4, -0.2) is 24.2 Å². The number of aliphatic hydroxyl groups is 1. The summed E-state index contributed by atoms with van der Waals surface area (Å²) in [5, 5.41) is 14.3. The lowest BCUT2D eigenvalue weighted by molar-refractivity contribution is -0.0498. The molecule has 0 fully saturated rings. The third kappa shape index (κ3) is 3.83. The summed E-state index contributed by atoms with van der Waals surface area (Å²) < 4.78 is 34.1. The minimum absolute atomic E-state index is 0.0201. The van der Waals surface area contributed by atoms with Gasteiger partial charge in [-0.3, -0.25) is 4.79 Å². The number of halogens is 2. The topological polar surface area (TPSA) is 71.7 Å². The first-order valence-corrected chi connectivity index (χ1v) is 7.27. The predicted octanol–water partition coefficient (Wildman–Crippen LogP) is 2.89. The van der Waals surface area contributed by atoms with Gasteiger partial charge in [0.05, 0.1) is 6.54 Å². The molecule has 1 amide bonds. The molecule has 0 unspecified atom stereocenters. The Morgan fingerprint density at radius 3 is 2.82 bits per heavy atom. The van der Waals surface area contributed by atoms with Crippen molar-refractivity contribution >= 4 is 17.2 Å². The maximum atomic E-state index is 12.2. The Kier molecular flexibility index (Phi) is 4.82. The summed E-state index contributed by atoms with van der Waals surface area (Å²) >= 11 is 0.975. The highest BCUT2D eigenvalue weighted by Crippen LogP contribution is 2.27. The number of carbonyl (C=O) groups is 1. The van der Waals surface area contributed by atoms with Gasteiger partial charge in [-0.15, -0.1) is 11.3 Å². The van der Waals surface area contributed by atoms with Crippen molar-refractivity contribution in [3.05, 3.63) is 40.0 Å². The second-order valence-electron chi connectivity index (χ2n) is 4.86. The van der Waals surface area contributed by atoms with E-state index in [0.29, 0.717) is 11.5 Å². The number of nitrogens with one attached hydrogen (secondary N) is 1. The van der Waals surface area contributed by atoms with Gasteiger partial charge in [0.2, 0.25) is 0 Å². The van der Waals surface area contributed by atoms with E-state index in [2.05, 4.69) is 10.1 Å². The van der Waals surface area contributed by atoms with Gasteiger partial charge in [-0.25, -0.2) is 0 Å². The van der Waals surface area contributed by atoms with Gasteiger partial charge in [0.15, 0.2) is 0 Å². The van der Waals surface area contributed by atoms with Crippen LogP contribution in [-0.2, 0) is 5.60 Å². The standard InChI is InChI=1S/C14H15F2NO4S/c1-8-3-4-10(20-8)14(2,19)7-17-12(18)11-9(5-6-22-11)21-13(15)16/h3-6,13,19H,7H2,1-2H3,(H,17,18)/t14-/m1/s1. The van der Waals surface area contributed by atoms with Crippen LogP contribution in [0, 0.1) is 6.92 Å². The number of aryl methyl sites for hydroxylation is 1. The maximum absolute atomic E-state index is 12.2. The average Bonchev–Trinajstić information content (AvgIpc) is 3.05. The third-order valence-electron chi connectivity index (χ3n) is 2.92. The summed E-state index contributed by atoms with van der Waals surface area (Å²) in [7, 11) is 0. The second-order valence-corrected chi connectivity index (χ2v) is 5.78. The fraction of sp³-hybridized carbons (Fsp3) is 0.357. The molecule has 0 aromatic carbocycles. The molecule has 2 aromatic rings. The molecule has 120 valence electrons. The van der Waals surface area contributed by atoms with Crippen molar-refractivity contribution in [1.29, 1.82) is 0 Å². The van der Waals surface area contributed by atoms with E-state index in [1.165, 1.54) is 18.4 Å². The van der Waals surface area contributed by atoms with Gasteiger partial charge >= 0.3 is 6.61 Å². The minimum Gasteiger partial charge on any atom is -0.463 e. The number of thiophene rings is 1. The molecule has 2 rings (SSSR count). The zero-order valence-electron chi connectivity index (χ0n) is 11.9. The monoisotopic (exact) mass is 331 g/mol. The Morgan fingerprint density at radius 1 is 1.50 bits per heavy atom. The van der Waals surface area contributed by atoms with Crippen molar-refractivity contribution in [2.24, 2.45) is 0 Å². The van der Waals surface area contributed by atoms with Crippen molar-refractivity contribution in [1.82, 2.24) is 5.32 Å². The third-order valence-corrected chi connectivity index (χ3v) is 3.81. The Labute approximate surface area is 129 Å². The molecule has 0 saturated carbocycles. The minimum atomic E-state index is -3.00. The van der Waals surface area contributed by atoms with E-state index in [9.17, 15) is 18.7 Å². The molecular formula is C14H15F2NO4S. The zero-order chi connectivity index (χ0) is 16.3. The number of hydrogen-bond donors (Lipinski definition) is 2. The summed E-state index contributed by atoms with van der Waals surface area (Å²) in [5.41, 5.74) is -1.41. The molecule has 1 atom stereocenters. The van der Waals surface area contributed by atoms with E-state index in [-0.39, 0.29) is 17.2 Å². The lowest BCUT2D eigenvalue weighted by atomic mass is 10.0. The normalized spacial score (nSPS) is 13.9. The van der Waals surface area contributed by atoms with Crippen molar-refractivity contribution < 1.29 is 27.8 Å². The summed E-state index contributed by atoms with van der Waals surface area (Å²) in [6, 6.07) is 4.59. The van der Waals surface area contributed by atoms with Crippen LogP contribution in [0.15, 0.2) is 28.0 Å². The number of furan rings is 1. The van der Waals surface area contributed by atoms with Crippen molar-refractivity contribution in [2.45, 2.75) is 26.1 Å². The fourth-order valence-corrected chi connectivity index (χ4v) is 2.53. The molecule has 0 bridgehead atoms. The molecule has 2 aromatic heterocycles. The number of alkyl halides is 2. The molecule has 0 saturated heterocycles. The van der Waals surface area contributed by atoms with E-state index in [0.717, 1.165) is 11.3 Å². The van der Waals surface area contributed by atoms with E-state index in [1.54, 1.807) is 19.1 Å². The lowest BCUT2D eigenvalue weighted by Gasteiger charge is -2.21. The van der Waals surface area contributed by atoms with Crippen LogP contribution in [0.1, 0.15) is 28.1 Å². The number of ether oxygens (including phenoxy) is 1. The van der Waals surface area contributed by atoms with Crippen molar-refractivity contribution in [2.75, 3.05) is 6.54 Å². The smallest absolute Gasteiger partial charge is 0.387 e. The molecule has 8 heteroatoms. The Hall–Kier alpha value is -1.93. The van der Waals surface area contributed by atoms with E-state index < -0.39 is 18.1 Å². The van der Waals surface area contributed by atoms with Gasteiger partial charge in [0.25, 0.3) is 5.91 Å². The van der Waals surface area contributed by atoms with Crippen LogP contribution in [0.2, 0.25) is 0 Å². The fourth-order valence-electron chi connectivity index (χ4n) is 1.80. The second kappa shape index (κ2) is 6.45. The number of amides is 1. The molecule has 0 radical (unpaired) electrons. The van der Waals surface area contributed by atoms with Gasteiger partial charge in [0.1, 0.15) is 27.7 Å². The first kappa shape index (κ1) is 16.4. The molecule has 5 nitrogen and oxygen atoms in total. The molecule has 0 aliphatic rings. The Balaban J connectivity index is 2.02. The molecule has 2 N–H and O–H groups in total. The van der Waals surface area contributed by atoms with Crippen LogP contribution in [0.3, 0.4) is 0 Å². The Morgan fingerprint density at radius 2 is 2.23 bits per heavy atom. The van der Waals surface area contributed by atoms with Crippen molar-refractivity contribution in [3.63, 3.8) is 0 Å². The van der Waals surface area contributed by atoms with Crippen LogP contribution < -0.4 is 10.1 Å². The summed E-state index contributed by atoms with van der Waals surface area (Å²) in [5.74, 6) is 0.146. The SMILES string of the molecule is Cc1ccc([C@](C)(O)CNC(=O)c2sccc2OC(F)F)o1. The quantitative estimate of drug-likeness (QED) is 0.854. The highest BCUT2D eigenvalue weighted by atomic mass is 32.1. The molecule has 0 aliphatic carbocycles. The number of carbonyl (C=O) groups excluding carboxylic acids is 1. The van der Waals surface area contributed by atoms with Crippen molar-refractivity contribution in [3.8, 4) is 5.75 Å². The molecule has 0 spiro atoms. The molecule has 22 heavy (non-hydrogen) atoms. The van der Waals surface area contributed by atoms with Crippen LogP contribution in [0.4, 0.5) is 8.78 Å². The van der Waals surface area contributed by atoms with Gasteiger partial charge in [-0.2, -0.15) is 8.78 Å². The van der Waals surface area contributed by atoms with Crippen LogP contribution in [0.25, 0.3) is 0 Å². The number of rotatable bonds is 6. The van der Waals surface area contributed by atoms with Gasteiger partial charge in [-0.05, 0) is 37.4 Å². The summed E-state index contributed by atoms with van der Waals surface area (Å²) in [6.45, 7) is 0.0782. The largest absolute Gasteiger partial charge is 0.463 e.